The van der Waals surface area contributed by atoms with Crippen LogP contribution in [0.4, 0.5) is 4.39 Å². The lowest BCUT2D eigenvalue weighted by atomic mass is 9.70. The van der Waals surface area contributed by atoms with E-state index in [0.29, 0.717) is 19.1 Å². The van der Waals surface area contributed by atoms with Gasteiger partial charge in [-0.3, -0.25) is 0 Å². The molecule has 0 spiro atoms. The molecule has 3 unspecified atom stereocenters. The minimum absolute atomic E-state index is 0.0580. The average Bonchev–Trinajstić information content (AvgIpc) is 2.93. The largest absolute Gasteiger partial charge is 0.374 e. The van der Waals surface area contributed by atoms with Crippen LogP contribution in [-0.2, 0) is 11.2 Å². The molecule has 2 aliphatic rings. The molecule has 2 N–H and O–H groups in total. The topological polar surface area (TPSA) is 35.2 Å². The van der Waals surface area contributed by atoms with E-state index in [4.69, 9.17) is 10.5 Å². The zero-order valence-electron chi connectivity index (χ0n) is 10.2. The van der Waals surface area contributed by atoms with Crippen molar-refractivity contribution in [2.45, 2.75) is 37.9 Å². The molecule has 0 amide bonds. The molecule has 2 nitrogen and oxygen atoms in total. The van der Waals surface area contributed by atoms with Gasteiger partial charge >= 0.3 is 0 Å². The third-order valence-corrected chi connectivity index (χ3v) is 4.88. The molecule has 1 aromatic rings. The van der Waals surface area contributed by atoms with Gasteiger partial charge in [-0.1, -0.05) is 22.0 Å². The number of fused-ring (bicyclic) bond motifs is 2. The fraction of sp³-hybridized carbons (Fsp3) is 0.571. The maximum Gasteiger partial charge on any atom is 0.127 e. The van der Waals surface area contributed by atoms with Crippen molar-refractivity contribution in [2.24, 2.45) is 11.1 Å². The van der Waals surface area contributed by atoms with Crippen LogP contribution in [0.2, 0.25) is 0 Å². The molecule has 2 heterocycles. The van der Waals surface area contributed by atoms with Gasteiger partial charge in [0.05, 0.1) is 12.2 Å². The minimum Gasteiger partial charge on any atom is -0.374 e. The Labute approximate surface area is 115 Å². The molecular weight excluding hydrogens is 297 g/mol. The lowest BCUT2D eigenvalue weighted by Gasteiger charge is -2.34. The smallest absolute Gasteiger partial charge is 0.127 e. The molecule has 18 heavy (non-hydrogen) atoms. The summed E-state index contributed by atoms with van der Waals surface area (Å²) in [7, 11) is 0. The Morgan fingerprint density at radius 1 is 1.44 bits per heavy atom. The van der Waals surface area contributed by atoms with Crippen molar-refractivity contribution >= 4 is 15.9 Å². The second-order valence-electron chi connectivity index (χ2n) is 5.51. The van der Waals surface area contributed by atoms with E-state index >= 15 is 0 Å². The summed E-state index contributed by atoms with van der Waals surface area (Å²) in [5.74, 6) is -0.153. The van der Waals surface area contributed by atoms with Crippen LogP contribution in [0.5, 0.6) is 0 Å². The molecule has 2 aliphatic heterocycles. The van der Waals surface area contributed by atoms with Gasteiger partial charge in [-0.2, -0.15) is 0 Å². The third kappa shape index (κ3) is 2.00. The second kappa shape index (κ2) is 4.58. The van der Waals surface area contributed by atoms with Gasteiger partial charge < -0.3 is 10.5 Å². The Balaban J connectivity index is 1.86. The Hall–Kier alpha value is -0.450. The summed E-state index contributed by atoms with van der Waals surface area (Å²) >= 11 is 3.28. The highest BCUT2D eigenvalue weighted by Gasteiger charge is 2.51. The fourth-order valence-electron chi connectivity index (χ4n) is 3.41. The summed E-state index contributed by atoms with van der Waals surface area (Å²) in [5, 5.41) is 0. The van der Waals surface area contributed by atoms with Crippen LogP contribution in [0.1, 0.15) is 24.8 Å². The van der Waals surface area contributed by atoms with Crippen LogP contribution in [0.15, 0.2) is 22.7 Å². The maximum atomic E-state index is 13.9. The van der Waals surface area contributed by atoms with Gasteiger partial charge in [0.15, 0.2) is 0 Å². The molecule has 3 rings (SSSR count). The van der Waals surface area contributed by atoms with Crippen molar-refractivity contribution in [3.63, 3.8) is 0 Å². The van der Waals surface area contributed by atoms with Crippen LogP contribution < -0.4 is 5.73 Å². The first-order valence-electron chi connectivity index (χ1n) is 6.42. The van der Waals surface area contributed by atoms with Gasteiger partial charge in [0, 0.05) is 16.4 Å². The van der Waals surface area contributed by atoms with E-state index in [0.717, 1.165) is 29.3 Å². The number of hydrogen-bond acceptors (Lipinski definition) is 2. The Bertz CT molecular complexity index is 467. The maximum absolute atomic E-state index is 13.9. The number of ether oxygens (including phenoxy) is 1. The third-order valence-electron chi connectivity index (χ3n) is 4.39. The van der Waals surface area contributed by atoms with Gasteiger partial charge in [0.1, 0.15) is 5.82 Å². The summed E-state index contributed by atoms with van der Waals surface area (Å²) in [6.07, 6.45) is 4.43. The Morgan fingerprint density at radius 3 is 2.83 bits per heavy atom. The SMILES string of the molecule is NCC1(Cc2ccc(Br)cc2F)CC2CCC1O2. The zero-order valence-corrected chi connectivity index (χ0v) is 11.7. The number of halogens is 2. The fourth-order valence-corrected chi connectivity index (χ4v) is 3.74. The molecule has 0 radical (unpaired) electrons. The van der Waals surface area contributed by atoms with E-state index in [1.54, 1.807) is 0 Å². The first kappa shape index (κ1) is 12.6. The number of hydrogen-bond donors (Lipinski definition) is 1. The molecule has 0 aliphatic carbocycles. The lowest BCUT2D eigenvalue weighted by molar-refractivity contribution is 0.0633. The number of benzene rings is 1. The van der Waals surface area contributed by atoms with E-state index in [1.807, 2.05) is 12.1 Å². The quantitative estimate of drug-likeness (QED) is 0.931. The Kier molecular flexibility index (Phi) is 3.20. The highest BCUT2D eigenvalue weighted by molar-refractivity contribution is 9.10. The number of nitrogens with two attached hydrogens (primary N) is 1. The van der Waals surface area contributed by atoms with Crippen molar-refractivity contribution in [3.8, 4) is 0 Å². The molecule has 2 bridgehead atoms. The van der Waals surface area contributed by atoms with Gasteiger partial charge in [-0.25, -0.2) is 4.39 Å². The standard InChI is InChI=1S/C14H17BrFNO/c15-10-2-1-9(12(16)5-10)6-14(8-17)7-11-3-4-13(14)18-11/h1-2,5,11,13H,3-4,6-8,17H2. The highest BCUT2D eigenvalue weighted by atomic mass is 79.9. The normalized spacial score (nSPS) is 34.2. The van der Waals surface area contributed by atoms with Crippen LogP contribution in [0, 0.1) is 11.2 Å². The summed E-state index contributed by atoms with van der Waals surface area (Å²) < 4.78 is 20.6. The summed E-state index contributed by atoms with van der Waals surface area (Å²) in [4.78, 5) is 0. The van der Waals surface area contributed by atoms with Gasteiger partial charge in [0.25, 0.3) is 0 Å². The van der Waals surface area contributed by atoms with Gasteiger partial charge in [-0.15, -0.1) is 0 Å². The highest BCUT2D eigenvalue weighted by Crippen LogP contribution is 2.49. The summed E-state index contributed by atoms with van der Waals surface area (Å²) in [6.45, 7) is 0.573. The van der Waals surface area contributed by atoms with E-state index in [-0.39, 0.29) is 17.3 Å². The first-order chi connectivity index (χ1) is 8.63. The van der Waals surface area contributed by atoms with Crippen molar-refractivity contribution in [3.05, 3.63) is 34.1 Å². The second-order valence-corrected chi connectivity index (χ2v) is 6.42. The van der Waals surface area contributed by atoms with E-state index in [9.17, 15) is 4.39 Å². The van der Waals surface area contributed by atoms with Crippen LogP contribution >= 0.6 is 15.9 Å². The van der Waals surface area contributed by atoms with E-state index in [2.05, 4.69) is 15.9 Å². The van der Waals surface area contributed by atoms with E-state index in [1.165, 1.54) is 6.07 Å². The molecule has 4 heteroatoms. The molecule has 2 saturated heterocycles. The first-order valence-corrected chi connectivity index (χ1v) is 7.22. The predicted octanol–water partition coefficient (Wildman–Crippen LogP) is 3.03. The van der Waals surface area contributed by atoms with Crippen molar-refractivity contribution < 1.29 is 9.13 Å². The molecule has 1 aromatic carbocycles. The molecule has 0 aromatic heterocycles. The molecule has 3 atom stereocenters. The predicted molar refractivity (Wildman–Crippen MR) is 71.8 cm³/mol. The van der Waals surface area contributed by atoms with E-state index < -0.39 is 0 Å². The number of rotatable bonds is 3. The Morgan fingerprint density at radius 2 is 2.28 bits per heavy atom. The monoisotopic (exact) mass is 313 g/mol. The lowest BCUT2D eigenvalue weighted by Crippen LogP contribution is -2.41. The summed E-state index contributed by atoms with van der Waals surface area (Å²) in [6, 6.07) is 5.26. The van der Waals surface area contributed by atoms with Crippen molar-refractivity contribution in [1.29, 1.82) is 0 Å². The molecule has 98 valence electrons. The molecule has 0 saturated carbocycles. The zero-order chi connectivity index (χ0) is 12.8. The minimum atomic E-state index is -0.153. The van der Waals surface area contributed by atoms with Gasteiger partial charge in [-0.05, 0) is 43.4 Å². The van der Waals surface area contributed by atoms with Crippen LogP contribution in [0.25, 0.3) is 0 Å². The molecular formula is C14H17BrFNO. The average molecular weight is 314 g/mol. The summed E-state index contributed by atoms with van der Waals surface area (Å²) in [5.41, 5.74) is 6.66. The van der Waals surface area contributed by atoms with Crippen molar-refractivity contribution in [2.75, 3.05) is 6.54 Å². The van der Waals surface area contributed by atoms with Crippen LogP contribution in [-0.4, -0.2) is 18.8 Å². The van der Waals surface area contributed by atoms with Gasteiger partial charge in [0.2, 0.25) is 0 Å². The van der Waals surface area contributed by atoms with Crippen LogP contribution in [0.3, 0.4) is 0 Å². The molecule has 2 fully saturated rings. The van der Waals surface area contributed by atoms with Crippen molar-refractivity contribution in [1.82, 2.24) is 0 Å².